The van der Waals surface area contributed by atoms with Gasteiger partial charge < -0.3 is 9.84 Å². The number of hydrogen-bond acceptors (Lipinski definition) is 3. The molecule has 0 heterocycles. The molecule has 1 aromatic carbocycles. The van der Waals surface area contributed by atoms with Crippen LogP contribution in [0.2, 0.25) is 0 Å². The Morgan fingerprint density at radius 3 is 2.28 bits per heavy atom. The average Bonchev–Trinajstić information content (AvgIpc) is 2.50. The molecule has 0 aromatic heterocycles. The molecule has 0 amide bonds. The van der Waals surface area contributed by atoms with Crippen LogP contribution in [0, 0.1) is 11.3 Å². The van der Waals surface area contributed by atoms with Crippen LogP contribution in [-0.2, 0) is 4.74 Å². The van der Waals surface area contributed by atoms with Crippen LogP contribution in [0.25, 0.3) is 0 Å². The van der Waals surface area contributed by atoms with Crippen molar-refractivity contribution in [2.45, 2.75) is 72.8 Å². The fourth-order valence-corrected chi connectivity index (χ4v) is 3.30. The van der Waals surface area contributed by atoms with Gasteiger partial charge in [0.05, 0.1) is 11.1 Å². The van der Waals surface area contributed by atoms with Crippen molar-refractivity contribution in [3.63, 3.8) is 0 Å². The first-order valence-electron chi connectivity index (χ1n) is 9.17. The summed E-state index contributed by atoms with van der Waals surface area (Å²) in [6, 6.07) is 6.22. The van der Waals surface area contributed by atoms with Crippen molar-refractivity contribution in [3.05, 3.63) is 35.4 Å². The quantitative estimate of drug-likeness (QED) is 0.593. The smallest absolute Gasteiger partial charge is 0.339 e. The summed E-state index contributed by atoms with van der Waals surface area (Å²) in [5, 5.41) is 9.26. The number of esters is 1. The fraction of sp³-hybridized carbons (Fsp3) is 0.619. The highest BCUT2D eigenvalue weighted by Gasteiger charge is 2.24. The molecule has 0 radical (unpaired) electrons. The van der Waals surface area contributed by atoms with Crippen LogP contribution in [0.3, 0.4) is 0 Å². The first-order valence-corrected chi connectivity index (χ1v) is 9.17. The SMILES string of the molecule is CCCCC(CC(C)CC(C)(C)C)OC(=O)c1ccccc1C(=O)O. The third-order valence-electron chi connectivity index (χ3n) is 4.16. The number of rotatable bonds is 9. The van der Waals surface area contributed by atoms with E-state index in [0.717, 1.165) is 32.1 Å². The predicted molar refractivity (Wildman–Crippen MR) is 100.0 cm³/mol. The second kappa shape index (κ2) is 9.59. The molecule has 4 nitrogen and oxygen atoms in total. The van der Waals surface area contributed by atoms with Gasteiger partial charge in [-0.05, 0) is 42.7 Å². The molecule has 0 fully saturated rings. The minimum absolute atomic E-state index is 0.00974. The summed E-state index contributed by atoms with van der Waals surface area (Å²) in [7, 11) is 0. The molecular weight excluding hydrogens is 316 g/mol. The lowest BCUT2D eigenvalue weighted by molar-refractivity contribution is 0.0201. The fourth-order valence-electron chi connectivity index (χ4n) is 3.30. The number of aromatic carboxylic acids is 1. The largest absolute Gasteiger partial charge is 0.478 e. The summed E-state index contributed by atoms with van der Waals surface area (Å²) >= 11 is 0. The van der Waals surface area contributed by atoms with Gasteiger partial charge in [0, 0.05) is 0 Å². The third-order valence-corrected chi connectivity index (χ3v) is 4.16. The van der Waals surface area contributed by atoms with Crippen molar-refractivity contribution in [3.8, 4) is 0 Å². The number of unbranched alkanes of at least 4 members (excludes halogenated alkanes) is 1. The molecule has 0 aliphatic heterocycles. The molecule has 2 atom stereocenters. The van der Waals surface area contributed by atoms with Gasteiger partial charge in [0.25, 0.3) is 0 Å². The number of carboxylic acid groups (broad SMARTS) is 1. The Balaban J connectivity index is 2.84. The first-order chi connectivity index (χ1) is 11.6. The van der Waals surface area contributed by atoms with E-state index >= 15 is 0 Å². The monoisotopic (exact) mass is 348 g/mol. The number of benzene rings is 1. The van der Waals surface area contributed by atoms with Gasteiger partial charge in [-0.2, -0.15) is 0 Å². The van der Waals surface area contributed by atoms with Crippen molar-refractivity contribution < 1.29 is 19.4 Å². The van der Waals surface area contributed by atoms with E-state index < -0.39 is 11.9 Å². The lowest BCUT2D eigenvalue weighted by atomic mass is 9.83. The summed E-state index contributed by atoms with van der Waals surface area (Å²) < 4.78 is 5.71. The normalized spacial score (nSPS) is 14.0. The second-order valence-corrected chi connectivity index (χ2v) is 8.13. The highest BCUT2D eigenvalue weighted by atomic mass is 16.5. The van der Waals surface area contributed by atoms with Crippen LogP contribution >= 0.6 is 0 Å². The lowest BCUT2D eigenvalue weighted by Gasteiger charge is -2.27. The third kappa shape index (κ3) is 7.72. The molecule has 0 saturated heterocycles. The van der Waals surface area contributed by atoms with Crippen LogP contribution in [0.4, 0.5) is 0 Å². The van der Waals surface area contributed by atoms with Gasteiger partial charge in [0.1, 0.15) is 6.10 Å². The van der Waals surface area contributed by atoms with E-state index in [1.54, 1.807) is 12.1 Å². The van der Waals surface area contributed by atoms with Crippen LogP contribution < -0.4 is 0 Å². The Labute approximate surface area is 151 Å². The molecule has 140 valence electrons. The van der Waals surface area contributed by atoms with Crippen LogP contribution in [0.1, 0.15) is 87.4 Å². The Kier molecular flexibility index (Phi) is 8.14. The van der Waals surface area contributed by atoms with Crippen LogP contribution in [0.15, 0.2) is 24.3 Å². The number of hydrogen-bond donors (Lipinski definition) is 1. The van der Waals surface area contributed by atoms with Gasteiger partial charge in [-0.3, -0.25) is 0 Å². The van der Waals surface area contributed by atoms with E-state index in [0.29, 0.717) is 5.92 Å². The minimum atomic E-state index is -1.11. The lowest BCUT2D eigenvalue weighted by Crippen LogP contribution is -2.24. The maximum absolute atomic E-state index is 12.5. The summed E-state index contributed by atoms with van der Waals surface area (Å²) in [6.45, 7) is 10.9. The zero-order valence-electron chi connectivity index (χ0n) is 16.2. The van der Waals surface area contributed by atoms with Crippen molar-refractivity contribution >= 4 is 11.9 Å². The molecule has 25 heavy (non-hydrogen) atoms. The van der Waals surface area contributed by atoms with E-state index in [4.69, 9.17) is 4.74 Å². The molecule has 0 bridgehead atoms. The van der Waals surface area contributed by atoms with Crippen molar-refractivity contribution in [2.24, 2.45) is 11.3 Å². The average molecular weight is 348 g/mol. The number of ether oxygens (including phenoxy) is 1. The summed E-state index contributed by atoms with van der Waals surface area (Å²) in [5.74, 6) is -1.22. The Hall–Kier alpha value is -1.84. The van der Waals surface area contributed by atoms with Gasteiger partial charge >= 0.3 is 11.9 Å². The minimum Gasteiger partial charge on any atom is -0.478 e. The van der Waals surface area contributed by atoms with Gasteiger partial charge in [-0.15, -0.1) is 0 Å². The van der Waals surface area contributed by atoms with E-state index in [1.165, 1.54) is 12.1 Å². The molecule has 4 heteroatoms. The summed E-state index contributed by atoms with van der Waals surface area (Å²) in [4.78, 5) is 23.8. The maximum Gasteiger partial charge on any atom is 0.339 e. The summed E-state index contributed by atoms with van der Waals surface area (Å²) in [5.41, 5.74) is 0.346. The standard InChI is InChI=1S/C21H32O4/c1-6-7-10-16(13-15(2)14-21(3,4)5)25-20(24)18-12-9-8-11-17(18)19(22)23/h8-9,11-12,15-16H,6-7,10,13-14H2,1-5H3,(H,22,23). The first kappa shape index (κ1) is 21.2. The Bertz CT molecular complexity index is 572. The van der Waals surface area contributed by atoms with Crippen molar-refractivity contribution in [1.29, 1.82) is 0 Å². The highest BCUT2D eigenvalue weighted by molar-refractivity contribution is 6.02. The number of carbonyl (C=O) groups excluding carboxylic acids is 1. The second-order valence-electron chi connectivity index (χ2n) is 8.13. The number of carbonyl (C=O) groups is 2. The van der Waals surface area contributed by atoms with Gasteiger partial charge in [0.15, 0.2) is 0 Å². The van der Waals surface area contributed by atoms with E-state index in [-0.39, 0.29) is 22.6 Å². The van der Waals surface area contributed by atoms with Crippen molar-refractivity contribution in [1.82, 2.24) is 0 Å². The van der Waals surface area contributed by atoms with Gasteiger partial charge in [-0.1, -0.05) is 59.6 Å². The Morgan fingerprint density at radius 1 is 1.16 bits per heavy atom. The molecule has 1 rings (SSSR count). The highest BCUT2D eigenvalue weighted by Crippen LogP contribution is 2.28. The van der Waals surface area contributed by atoms with Gasteiger partial charge in [-0.25, -0.2) is 9.59 Å². The van der Waals surface area contributed by atoms with Crippen molar-refractivity contribution in [2.75, 3.05) is 0 Å². The van der Waals surface area contributed by atoms with E-state index in [2.05, 4.69) is 34.6 Å². The Morgan fingerprint density at radius 2 is 1.76 bits per heavy atom. The number of carboxylic acids is 1. The molecule has 1 N–H and O–H groups in total. The molecule has 0 aliphatic rings. The van der Waals surface area contributed by atoms with Gasteiger partial charge in [0.2, 0.25) is 0 Å². The zero-order chi connectivity index (χ0) is 19.0. The molecule has 0 aliphatic carbocycles. The molecule has 1 aromatic rings. The zero-order valence-corrected chi connectivity index (χ0v) is 16.2. The van der Waals surface area contributed by atoms with E-state index in [9.17, 15) is 14.7 Å². The van der Waals surface area contributed by atoms with Crippen LogP contribution in [0.5, 0.6) is 0 Å². The summed E-state index contributed by atoms with van der Waals surface area (Å²) in [6.07, 6.45) is 4.52. The topological polar surface area (TPSA) is 63.6 Å². The molecule has 2 unspecified atom stereocenters. The predicted octanol–water partition coefficient (Wildman–Crippen LogP) is 5.56. The molecule has 0 spiro atoms. The molecular formula is C21H32O4. The maximum atomic E-state index is 12.5. The van der Waals surface area contributed by atoms with E-state index in [1.807, 2.05) is 0 Å². The van der Waals surface area contributed by atoms with Crippen LogP contribution in [-0.4, -0.2) is 23.1 Å². The molecule has 0 saturated carbocycles.